The lowest BCUT2D eigenvalue weighted by Gasteiger charge is -2.13. The molecule has 1 rings (SSSR count). The molecule has 0 spiro atoms. The number of methoxy groups -OCH3 is 1. The highest BCUT2D eigenvalue weighted by molar-refractivity contribution is 7.99. The van der Waals surface area contributed by atoms with E-state index in [1.807, 2.05) is 24.3 Å². The highest BCUT2D eigenvalue weighted by atomic mass is 32.2. The number of hydrogen-bond acceptors (Lipinski definition) is 3. The van der Waals surface area contributed by atoms with E-state index in [4.69, 9.17) is 4.74 Å². The maximum atomic E-state index is 11.0. The predicted molar refractivity (Wildman–Crippen MR) is 62.2 cm³/mol. The van der Waals surface area contributed by atoms with E-state index < -0.39 is 0 Å². The fraction of sp³-hybridized carbons (Fsp3) is 0.364. The Hall–Kier alpha value is -1.16. The Morgan fingerprint density at radius 1 is 1.40 bits per heavy atom. The summed E-state index contributed by atoms with van der Waals surface area (Å²) in [5.74, 6) is 1.59. The van der Waals surface area contributed by atoms with Crippen molar-refractivity contribution in [3.8, 4) is 5.75 Å². The maximum absolute atomic E-state index is 11.0. The van der Waals surface area contributed by atoms with Crippen LogP contribution in [0.15, 0.2) is 29.2 Å². The summed E-state index contributed by atoms with van der Waals surface area (Å²) >= 11 is 1.63. The fourth-order valence-corrected chi connectivity index (χ4v) is 1.79. The summed E-state index contributed by atoms with van der Waals surface area (Å²) in [5.41, 5.74) is 0. The quantitative estimate of drug-likeness (QED) is 0.581. The lowest BCUT2D eigenvalue weighted by atomic mass is 10.3. The number of amides is 1. The van der Waals surface area contributed by atoms with Crippen LogP contribution in [-0.2, 0) is 4.79 Å². The van der Waals surface area contributed by atoms with Crippen molar-refractivity contribution in [1.82, 2.24) is 4.90 Å². The van der Waals surface area contributed by atoms with Crippen molar-refractivity contribution < 1.29 is 9.53 Å². The summed E-state index contributed by atoms with van der Waals surface area (Å²) in [5, 5.41) is 0. The van der Waals surface area contributed by atoms with Gasteiger partial charge in [0.25, 0.3) is 0 Å². The number of carbonyl (C=O) groups is 1. The third-order valence-corrected chi connectivity index (χ3v) is 3.14. The zero-order chi connectivity index (χ0) is 11.3. The first-order valence-corrected chi connectivity index (χ1v) is 5.60. The van der Waals surface area contributed by atoms with Crippen LogP contribution in [0.2, 0.25) is 0 Å². The Kier molecular flexibility index (Phi) is 4.49. The molecule has 0 saturated heterocycles. The second kappa shape index (κ2) is 5.66. The average Bonchev–Trinajstić information content (AvgIpc) is 2.26. The summed E-state index contributed by atoms with van der Waals surface area (Å²) < 4.78 is 5.06. The molecule has 0 aliphatic rings. The van der Waals surface area contributed by atoms with Crippen molar-refractivity contribution in [2.75, 3.05) is 20.0 Å². The van der Waals surface area contributed by atoms with Gasteiger partial charge in [-0.2, -0.15) is 0 Å². The molecule has 15 heavy (non-hydrogen) atoms. The van der Waals surface area contributed by atoms with Crippen molar-refractivity contribution in [2.24, 2.45) is 0 Å². The topological polar surface area (TPSA) is 29.5 Å². The fourth-order valence-electron chi connectivity index (χ4n) is 0.934. The maximum Gasteiger partial charge on any atom is 0.219 e. The van der Waals surface area contributed by atoms with Crippen LogP contribution in [0.5, 0.6) is 5.75 Å². The zero-order valence-electron chi connectivity index (χ0n) is 9.19. The minimum absolute atomic E-state index is 0.0796. The van der Waals surface area contributed by atoms with Gasteiger partial charge in [-0.05, 0) is 24.3 Å². The molecule has 0 saturated carbocycles. The van der Waals surface area contributed by atoms with Crippen molar-refractivity contribution in [2.45, 2.75) is 11.8 Å². The van der Waals surface area contributed by atoms with Crippen LogP contribution in [0.1, 0.15) is 6.92 Å². The van der Waals surface area contributed by atoms with E-state index in [-0.39, 0.29) is 5.91 Å². The molecule has 0 aliphatic carbocycles. The number of hydrogen-bond donors (Lipinski definition) is 0. The van der Waals surface area contributed by atoms with Gasteiger partial charge in [0.05, 0.1) is 13.0 Å². The lowest BCUT2D eigenvalue weighted by Crippen LogP contribution is -2.22. The molecule has 82 valence electrons. The van der Waals surface area contributed by atoms with E-state index in [1.165, 1.54) is 0 Å². The van der Waals surface area contributed by atoms with Crippen molar-refractivity contribution >= 4 is 17.7 Å². The smallest absolute Gasteiger partial charge is 0.219 e. The summed E-state index contributed by atoms with van der Waals surface area (Å²) in [6.45, 7) is 1.56. The second-order valence-corrected chi connectivity index (χ2v) is 4.18. The van der Waals surface area contributed by atoms with Gasteiger partial charge in [0.2, 0.25) is 5.91 Å². The van der Waals surface area contributed by atoms with Crippen molar-refractivity contribution in [1.29, 1.82) is 0 Å². The van der Waals surface area contributed by atoms with Crippen molar-refractivity contribution in [3.63, 3.8) is 0 Å². The average molecular weight is 225 g/mol. The molecule has 0 N–H and O–H groups in total. The van der Waals surface area contributed by atoms with E-state index in [9.17, 15) is 4.79 Å². The standard InChI is InChI=1S/C11H15NO2S/c1-9(13)12(2)8-15-11-6-4-10(14-3)5-7-11/h4-7H,8H2,1-3H3. The third kappa shape index (κ3) is 3.83. The summed E-state index contributed by atoms with van der Waals surface area (Å²) in [6.07, 6.45) is 0. The Morgan fingerprint density at radius 2 is 2.00 bits per heavy atom. The predicted octanol–water partition coefficient (Wildman–Crippen LogP) is 2.22. The largest absolute Gasteiger partial charge is 0.497 e. The second-order valence-electron chi connectivity index (χ2n) is 3.17. The van der Waals surface area contributed by atoms with Crippen LogP contribution in [-0.4, -0.2) is 30.8 Å². The Morgan fingerprint density at radius 3 is 2.47 bits per heavy atom. The van der Waals surface area contributed by atoms with Gasteiger partial charge in [-0.15, -0.1) is 11.8 Å². The molecule has 0 atom stereocenters. The van der Waals surface area contributed by atoms with Crippen molar-refractivity contribution in [3.05, 3.63) is 24.3 Å². The van der Waals surface area contributed by atoms with Crippen LogP contribution in [0.4, 0.5) is 0 Å². The minimum Gasteiger partial charge on any atom is -0.497 e. The monoisotopic (exact) mass is 225 g/mol. The van der Waals surface area contributed by atoms with E-state index in [0.717, 1.165) is 10.6 Å². The molecular weight excluding hydrogens is 210 g/mol. The minimum atomic E-state index is 0.0796. The first-order chi connectivity index (χ1) is 7.13. The number of ether oxygens (including phenoxy) is 1. The summed E-state index contributed by atoms with van der Waals surface area (Å²) in [4.78, 5) is 13.8. The molecule has 0 aliphatic heterocycles. The SMILES string of the molecule is COc1ccc(SCN(C)C(C)=O)cc1. The molecule has 0 heterocycles. The van der Waals surface area contributed by atoms with Gasteiger partial charge in [-0.1, -0.05) is 0 Å². The number of nitrogens with zero attached hydrogens (tertiary/aromatic N) is 1. The van der Waals surface area contributed by atoms with Gasteiger partial charge in [-0.3, -0.25) is 4.79 Å². The van der Waals surface area contributed by atoms with E-state index >= 15 is 0 Å². The molecular formula is C11H15NO2S. The Bertz CT molecular complexity index is 324. The van der Waals surface area contributed by atoms with E-state index in [2.05, 4.69) is 0 Å². The molecule has 1 aromatic rings. The Labute approximate surface area is 94.4 Å². The van der Waals surface area contributed by atoms with Gasteiger partial charge < -0.3 is 9.64 Å². The molecule has 0 radical (unpaired) electrons. The molecule has 1 amide bonds. The van der Waals surface area contributed by atoms with Crippen LogP contribution in [0, 0.1) is 0 Å². The summed E-state index contributed by atoms with van der Waals surface area (Å²) in [6, 6.07) is 7.79. The highest BCUT2D eigenvalue weighted by Gasteiger charge is 2.02. The molecule has 0 aromatic heterocycles. The lowest BCUT2D eigenvalue weighted by molar-refractivity contribution is -0.126. The number of thioether (sulfide) groups is 1. The van der Waals surface area contributed by atoms with Crippen LogP contribution in [0.3, 0.4) is 0 Å². The molecule has 1 aromatic carbocycles. The molecule has 3 nitrogen and oxygen atoms in total. The van der Waals surface area contributed by atoms with Gasteiger partial charge in [0.1, 0.15) is 5.75 Å². The number of carbonyl (C=O) groups excluding carboxylic acids is 1. The number of rotatable bonds is 4. The van der Waals surface area contributed by atoms with Crippen LogP contribution < -0.4 is 4.74 Å². The molecule has 0 unspecified atom stereocenters. The third-order valence-electron chi connectivity index (χ3n) is 2.02. The zero-order valence-corrected chi connectivity index (χ0v) is 10.0. The van der Waals surface area contributed by atoms with Gasteiger partial charge in [-0.25, -0.2) is 0 Å². The van der Waals surface area contributed by atoms with Gasteiger partial charge in [0.15, 0.2) is 0 Å². The first kappa shape index (κ1) is 11.9. The molecule has 4 heteroatoms. The first-order valence-electron chi connectivity index (χ1n) is 4.62. The molecule has 0 bridgehead atoms. The normalized spacial score (nSPS) is 9.80. The van der Waals surface area contributed by atoms with Crippen LogP contribution >= 0.6 is 11.8 Å². The summed E-state index contributed by atoms with van der Waals surface area (Å²) in [7, 11) is 3.44. The van der Waals surface area contributed by atoms with E-state index in [1.54, 1.807) is 37.7 Å². The van der Waals surface area contributed by atoms with E-state index in [0.29, 0.717) is 5.88 Å². The Balaban J connectivity index is 2.47. The number of benzene rings is 1. The van der Waals surface area contributed by atoms with Crippen LogP contribution in [0.25, 0.3) is 0 Å². The van der Waals surface area contributed by atoms with Gasteiger partial charge in [0, 0.05) is 18.9 Å². The highest BCUT2D eigenvalue weighted by Crippen LogP contribution is 2.21. The van der Waals surface area contributed by atoms with Gasteiger partial charge >= 0.3 is 0 Å². The molecule has 0 fully saturated rings.